The summed E-state index contributed by atoms with van der Waals surface area (Å²) in [7, 11) is 0. The molecule has 1 aliphatic rings. The van der Waals surface area contributed by atoms with Gasteiger partial charge in [-0.25, -0.2) is 16.3 Å². The van der Waals surface area contributed by atoms with Crippen LogP contribution in [0.15, 0.2) is 59.7 Å². The first-order valence-electron chi connectivity index (χ1n) is 9.01. The van der Waals surface area contributed by atoms with Gasteiger partial charge in [0.15, 0.2) is 0 Å². The Bertz CT molecular complexity index is 1010. The van der Waals surface area contributed by atoms with Gasteiger partial charge >= 0.3 is 0 Å². The molecule has 5 nitrogen and oxygen atoms in total. The fourth-order valence-electron chi connectivity index (χ4n) is 3.25. The second kappa shape index (κ2) is 7.60. The number of hydrogen-bond acceptors (Lipinski definition) is 5. The van der Waals surface area contributed by atoms with Crippen molar-refractivity contribution in [3.63, 3.8) is 0 Å². The molecule has 0 radical (unpaired) electrons. The van der Waals surface area contributed by atoms with Crippen LogP contribution in [-0.4, -0.2) is 17.7 Å². The highest BCUT2D eigenvalue weighted by Crippen LogP contribution is 2.28. The molecule has 27 heavy (non-hydrogen) atoms. The SMILES string of the molecule is C/C(=N\NC(=O)C1CC(c2ccc(C)s2)NN1)c1ccc2ccccc2c1. The molecule has 2 heterocycles. The number of thiophene rings is 1. The number of nitrogens with zero attached hydrogens (tertiary/aromatic N) is 1. The van der Waals surface area contributed by atoms with E-state index in [4.69, 9.17) is 0 Å². The van der Waals surface area contributed by atoms with E-state index in [1.165, 1.54) is 15.1 Å². The monoisotopic (exact) mass is 378 g/mol. The van der Waals surface area contributed by atoms with Crippen molar-refractivity contribution in [2.24, 2.45) is 5.10 Å². The third kappa shape index (κ3) is 3.93. The third-order valence-corrected chi connectivity index (χ3v) is 5.94. The highest BCUT2D eigenvalue weighted by Gasteiger charge is 2.30. The van der Waals surface area contributed by atoms with Crippen LogP contribution in [0.4, 0.5) is 0 Å². The van der Waals surface area contributed by atoms with E-state index in [-0.39, 0.29) is 18.0 Å². The smallest absolute Gasteiger partial charge is 0.258 e. The van der Waals surface area contributed by atoms with E-state index in [0.717, 1.165) is 16.7 Å². The van der Waals surface area contributed by atoms with Crippen LogP contribution < -0.4 is 16.3 Å². The number of carbonyl (C=O) groups is 1. The molecule has 2 aromatic carbocycles. The van der Waals surface area contributed by atoms with E-state index in [1.807, 2.05) is 25.1 Å². The lowest BCUT2D eigenvalue weighted by Crippen LogP contribution is -2.41. The van der Waals surface area contributed by atoms with Crippen LogP contribution in [0, 0.1) is 6.92 Å². The predicted octanol–water partition coefficient (Wildman–Crippen LogP) is 3.66. The van der Waals surface area contributed by atoms with Crippen molar-refractivity contribution in [1.29, 1.82) is 0 Å². The van der Waals surface area contributed by atoms with E-state index >= 15 is 0 Å². The first-order valence-corrected chi connectivity index (χ1v) is 9.82. The molecule has 4 rings (SSSR count). The third-order valence-electron chi connectivity index (χ3n) is 4.83. The molecule has 0 aliphatic carbocycles. The summed E-state index contributed by atoms with van der Waals surface area (Å²) < 4.78 is 0. The van der Waals surface area contributed by atoms with Crippen molar-refractivity contribution in [1.82, 2.24) is 16.3 Å². The van der Waals surface area contributed by atoms with Gasteiger partial charge < -0.3 is 0 Å². The maximum absolute atomic E-state index is 12.5. The van der Waals surface area contributed by atoms with E-state index < -0.39 is 0 Å². The second-order valence-corrected chi connectivity index (χ2v) is 8.13. The molecule has 6 heteroatoms. The van der Waals surface area contributed by atoms with Gasteiger partial charge in [-0.15, -0.1) is 11.3 Å². The Kier molecular flexibility index (Phi) is 5.03. The predicted molar refractivity (Wildman–Crippen MR) is 111 cm³/mol. The summed E-state index contributed by atoms with van der Waals surface area (Å²) in [5, 5.41) is 6.65. The number of hydrogen-bond donors (Lipinski definition) is 3. The average molecular weight is 379 g/mol. The van der Waals surface area contributed by atoms with Crippen LogP contribution in [0.5, 0.6) is 0 Å². The lowest BCUT2D eigenvalue weighted by atomic mass is 10.0. The Morgan fingerprint density at radius 2 is 1.93 bits per heavy atom. The zero-order chi connectivity index (χ0) is 18.8. The summed E-state index contributed by atoms with van der Waals surface area (Å²) in [6, 6.07) is 18.5. The average Bonchev–Trinajstić information content (AvgIpc) is 3.34. The molecule has 1 aliphatic heterocycles. The molecule has 1 amide bonds. The standard InChI is InChI=1S/C21H22N4OS/c1-13-7-10-20(27-13)18-12-19(24-23-18)21(26)25-22-14(2)16-9-8-15-5-3-4-6-17(15)11-16/h3-11,18-19,23-24H,12H2,1-2H3,(H,25,26)/b22-14+. The summed E-state index contributed by atoms with van der Waals surface area (Å²) in [6.07, 6.45) is 0.705. The Labute approximate surface area is 162 Å². The summed E-state index contributed by atoms with van der Waals surface area (Å²) in [6.45, 7) is 3.99. The van der Waals surface area contributed by atoms with E-state index in [9.17, 15) is 4.79 Å². The number of benzene rings is 2. The number of hydrazine groups is 1. The first kappa shape index (κ1) is 17.9. The Morgan fingerprint density at radius 1 is 1.11 bits per heavy atom. The molecule has 1 fully saturated rings. The van der Waals surface area contributed by atoms with Crippen molar-refractivity contribution in [3.05, 3.63) is 69.9 Å². The molecule has 138 valence electrons. The molecule has 3 aromatic rings. The van der Waals surface area contributed by atoms with E-state index in [1.54, 1.807) is 11.3 Å². The van der Waals surface area contributed by atoms with Crippen LogP contribution in [0.3, 0.4) is 0 Å². The van der Waals surface area contributed by atoms with Crippen LogP contribution in [0.1, 0.15) is 34.7 Å². The van der Waals surface area contributed by atoms with Gasteiger partial charge in [0.25, 0.3) is 5.91 Å². The normalized spacial score (nSPS) is 20.1. The highest BCUT2D eigenvalue weighted by atomic mass is 32.1. The van der Waals surface area contributed by atoms with Gasteiger partial charge in [-0.3, -0.25) is 4.79 Å². The van der Waals surface area contributed by atoms with Crippen molar-refractivity contribution in [3.8, 4) is 0 Å². The van der Waals surface area contributed by atoms with Crippen molar-refractivity contribution >= 4 is 33.7 Å². The van der Waals surface area contributed by atoms with Gasteiger partial charge in [0.2, 0.25) is 0 Å². The molecule has 0 saturated carbocycles. The van der Waals surface area contributed by atoms with Gasteiger partial charge in [0.05, 0.1) is 11.8 Å². The van der Waals surface area contributed by atoms with Gasteiger partial charge in [-0.2, -0.15) is 5.10 Å². The maximum atomic E-state index is 12.5. The van der Waals surface area contributed by atoms with Crippen molar-refractivity contribution in [2.75, 3.05) is 0 Å². The second-order valence-electron chi connectivity index (χ2n) is 6.81. The number of rotatable bonds is 4. The van der Waals surface area contributed by atoms with Crippen molar-refractivity contribution < 1.29 is 4.79 Å². The first-order chi connectivity index (χ1) is 13.1. The van der Waals surface area contributed by atoms with E-state index in [2.05, 4.69) is 64.7 Å². The molecular formula is C21H22N4OS. The summed E-state index contributed by atoms with van der Waals surface area (Å²) in [4.78, 5) is 15.0. The lowest BCUT2D eigenvalue weighted by molar-refractivity contribution is -0.122. The number of aryl methyl sites for hydroxylation is 1. The van der Waals surface area contributed by atoms with Crippen molar-refractivity contribution in [2.45, 2.75) is 32.4 Å². The minimum Gasteiger partial charge on any atom is -0.271 e. The Hall–Kier alpha value is -2.54. The zero-order valence-corrected chi connectivity index (χ0v) is 16.1. The molecule has 0 bridgehead atoms. The number of hydrazone groups is 1. The van der Waals surface area contributed by atoms with Crippen LogP contribution in [-0.2, 0) is 4.79 Å². The molecule has 1 saturated heterocycles. The molecule has 2 atom stereocenters. The molecular weight excluding hydrogens is 356 g/mol. The summed E-state index contributed by atoms with van der Waals surface area (Å²) in [5.74, 6) is -0.126. The maximum Gasteiger partial charge on any atom is 0.258 e. The molecule has 0 spiro atoms. The fourth-order valence-corrected chi connectivity index (χ4v) is 4.19. The van der Waals surface area contributed by atoms with Crippen LogP contribution in [0.25, 0.3) is 10.8 Å². The molecule has 2 unspecified atom stereocenters. The highest BCUT2D eigenvalue weighted by molar-refractivity contribution is 7.12. The van der Waals surface area contributed by atoms with Crippen LogP contribution >= 0.6 is 11.3 Å². The topological polar surface area (TPSA) is 65.5 Å². The minimum absolute atomic E-state index is 0.126. The minimum atomic E-state index is -0.300. The quantitative estimate of drug-likeness (QED) is 0.479. The lowest BCUT2D eigenvalue weighted by Gasteiger charge is -2.08. The number of nitrogens with one attached hydrogen (secondary N) is 3. The summed E-state index contributed by atoms with van der Waals surface area (Å²) in [5.41, 5.74) is 10.8. The number of fused-ring (bicyclic) bond motifs is 1. The number of amides is 1. The molecule has 1 aromatic heterocycles. The van der Waals surface area contributed by atoms with Gasteiger partial charge in [0.1, 0.15) is 6.04 Å². The van der Waals surface area contributed by atoms with Gasteiger partial charge in [-0.05, 0) is 54.8 Å². The van der Waals surface area contributed by atoms with Gasteiger partial charge in [0, 0.05) is 9.75 Å². The fraction of sp³-hybridized carbons (Fsp3) is 0.238. The van der Waals surface area contributed by atoms with Crippen LogP contribution in [0.2, 0.25) is 0 Å². The molecule has 3 N–H and O–H groups in total. The Balaban J connectivity index is 1.40. The van der Waals surface area contributed by atoms with Gasteiger partial charge in [-0.1, -0.05) is 36.4 Å². The largest absolute Gasteiger partial charge is 0.271 e. The summed E-state index contributed by atoms with van der Waals surface area (Å²) >= 11 is 1.75. The Morgan fingerprint density at radius 3 is 2.70 bits per heavy atom. The van der Waals surface area contributed by atoms with E-state index in [0.29, 0.717) is 6.42 Å². The zero-order valence-electron chi connectivity index (χ0n) is 15.3. The number of carbonyl (C=O) groups excluding carboxylic acids is 1.